The Morgan fingerprint density at radius 3 is 2.53 bits per heavy atom. The van der Waals surface area contributed by atoms with Gasteiger partial charge in [0.15, 0.2) is 0 Å². The predicted molar refractivity (Wildman–Crippen MR) is 134 cm³/mol. The van der Waals surface area contributed by atoms with E-state index in [4.69, 9.17) is 22.7 Å². The van der Waals surface area contributed by atoms with E-state index in [0.717, 1.165) is 27.6 Å². The van der Waals surface area contributed by atoms with Gasteiger partial charge in [-0.3, -0.25) is 14.6 Å². The number of rotatable bonds is 8. The molecule has 0 aliphatic heterocycles. The minimum Gasteiger partial charge on any atom is -0.468 e. The maximum atomic E-state index is 13.8. The molecule has 0 saturated carbocycles. The number of para-hydroxylation sites is 1. The summed E-state index contributed by atoms with van der Waals surface area (Å²) in [5.41, 5.74) is 9.77. The van der Waals surface area contributed by atoms with E-state index in [2.05, 4.69) is 4.98 Å². The summed E-state index contributed by atoms with van der Waals surface area (Å²) >= 11 is 5.12. The van der Waals surface area contributed by atoms with Gasteiger partial charge in [0, 0.05) is 41.9 Å². The predicted octanol–water partition coefficient (Wildman–Crippen LogP) is 3.53. The Hall–Kier alpha value is -4.04. The SMILES string of the molecule is COC(=O)CN(Cc1ccncc1)C(=O)c1cc2ccccc2n1Cc1cccc(C(N)=S)c1. The molecule has 172 valence electrons. The molecule has 2 aromatic carbocycles. The van der Waals surface area contributed by atoms with Crippen molar-refractivity contribution in [3.8, 4) is 0 Å². The molecule has 0 aliphatic carbocycles. The van der Waals surface area contributed by atoms with Crippen LogP contribution in [0, 0.1) is 0 Å². The molecular formula is C26H24N4O3S. The largest absolute Gasteiger partial charge is 0.468 e. The quantitative estimate of drug-likeness (QED) is 0.312. The lowest BCUT2D eigenvalue weighted by molar-refractivity contribution is -0.141. The summed E-state index contributed by atoms with van der Waals surface area (Å²) in [5.74, 6) is -0.766. The molecule has 2 N–H and O–H groups in total. The number of pyridine rings is 1. The summed E-state index contributed by atoms with van der Waals surface area (Å²) in [6.45, 7) is 0.511. The number of benzene rings is 2. The molecule has 0 fully saturated rings. The maximum absolute atomic E-state index is 13.8. The van der Waals surface area contributed by atoms with Crippen LogP contribution in [-0.2, 0) is 22.6 Å². The molecule has 0 atom stereocenters. The molecule has 0 bridgehead atoms. The number of fused-ring (bicyclic) bond motifs is 1. The van der Waals surface area contributed by atoms with Crippen molar-refractivity contribution in [1.29, 1.82) is 0 Å². The second-order valence-electron chi connectivity index (χ2n) is 7.83. The van der Waals surface area contributed by atoms with E-state index < -0.39 is 5.97 Å². The molecule has 7 nitrogen and oxygen atoms in total. The maximum Gasteiger partial charge on any atom is 0.325 e. The van der Waals surface area contributed by atoms with Gasteiger partial charge in [-0.15, -0.1) is 0 Å². The van der Waals surface area contributed by atoms with Crippen LogP contribution in [-0.4, -0.2) is 45.0 Å². The fraction of sp³-hybridized carbons (Fsp3) is 0.154. The van der Waals surface area contributed by atoms with Crippen LogP contribution in [0.1, 0.15) is 27.2 Å². The van der Waals surface area contributed by atoms with Crippen molar-refractivity contribution < 1.29 is 14.3 Å². The lowest BCUT2D eigenvalue weighted by atomic mass is 10.1. The number of carbonyl (C=O) groups is 2. The molecule has 2 aromatic heterocycles. The molecule has 0 radical (unpaired) electrons. The highest BCUT2D eigenvalue weighted by molar-refractivity contribution is 7.80. The Balaban J connectivity index is 1.75. The third-order valence-corrected chi connectivity index (χ3v) is 5.78. The Morgan fingerprint density at radius 2 is 1.79 bits per heavy atom. The molecule has 0 unspecified atom stereocenters. The highest BCUT2D eigenvalue weighted by atomic mass is 32.1. The number of hydrogen-bond donors (Lipinski definition) is 1. The lowest BCUT2D eigenvalue weighted by Crippen LogP contribution is -2.37. The molecule has 2 heterocycles. The second kappa shape index (κ2) is 10.3. The van der Waals surface area contributed by atoms with E-state index in [1.165, 1.54) is 12.0 Å². The number of ether oxygens (including phenoxy) is 1. The average molecular weight is 473 g/mol. The zero-order valence-electron chi connectivity index (χ0n) is 18.7. The minimum atomic E-state index is -0.491. The molecule has 4 rings (SSSR count). The lowest BCUT2D eigenvalue weighted by Gasteiger charge is -2.22. The van der Waals surface area contributed by atoms with Crippen molar-refractivity contribution in [2.24, 2.45) is 5.73 Å². The van der Waals surface area contributed by atoms with Crippen LogP contribution in [0.25, 0.3) is 10.9 Å². The van der Waals surface area contributed by atoms with E-state index in [1.54, 1.807) is 12.4 Å². The molecule has 0 spiro atoms. The fourth-order valence-corrected chi connectivity index (χ4v) is 3.98. The number of methoxy groups -OCH3 is 1. The minimum absolute atomic E-state index is 0.171. The third-order valence-electron chi connectivity index (χ3n) is 5.54. The monoisotopic (exact) mass is 472 g/mol. The average Bonchev–Trinajstić information content (AvgIpc) is 3.22. The zero-order valence-corrected chi connectivity index (χ0v) is 19.5. The first-order valence-corrected chi connectivity index (χ1v) is 11.1. The number of aromatic nitrogens is 2. The highest BCUT2D eigenvalue weighted by Crippen LogP contribution is 2.24. The first-order valence-electron chi connectivity index (χ1n) is 10.7. The number of esters is 1. The molecule has 1 amide bonds. The standard InChI is InChI=1S/C26H24N4O3S/c1-33-24(31)17-29(15-18-9-11-28-12-10-18)26(32)23-14-20-6-2-3-8-22(20)30(23)16-19-5-4-7-21(13-19)25(27)34/h2-14H,15-17H2,1H3,(H2,27,34). The summed E-state index contributed by atoms with van der Waals surface area (Å²) in [4.78, 5) is 31.8. The molecule has 8 heteroatoms. The molecule has 0 aliphatic rings. The van der Waals surface area contributed by atoms with Gasteiger partial charge in [0.1, 0.15) is 17.2 Å². The van der Waals surface area contributed by atoms with Crippen molar-refractivity contribution in [1.82, 2.24) is 14.5 Å². The van der Waals surface area contributed by atoms with Gasteiger partial charge in [-0.2, -0.15) is 0 Å². The Bertz CT molecular complexity index is 1350. The van der Waals surface area contributed by atoms with Crippen molar-refractivity contribution in [2.75, 3.05) is 13.7 Å². The summed E-state index contributed by atoms with van der Waals surface area (Å²) < 4.78 is 6.80. The zero-order chi connectivity index (χ0) is 24.1. The number of amides is 1. The van der Waals surface area contributed by atoms with Gasteiger partial charge in [0.25, 0.3) is 5.91 Å². The van der Waals surface area contributed by atoms with Gasteiger partial charge in [0.05, 0.1) is 7.11 Å². The molecule has 0 saturated heterocycles. The van der Waals surface area contributed by atoms with Gasteiger partial charge in [-0.1, -0.05) is 48.6 Å². The number of nitrogens with zero attached hydrogens (tertiary/aromatic N) is 3. The second-order valence-corrected chi connectivity index (χ2v) is 8.27. The third kappa shape index (κ3) is 5.13. The normalized spacial score (nSPS) is 10.7. The van der Waals surface area contributed by atoms with Gasteiger partial charge in [0.2, 0.25) is 0 Å². The first-order chi connectivity index (χ1) is 16.5. The summed E-state index contributed by atoms with van der Waals surface area (Å²) in [5, 5.41) is 0.929. The molecular weight excluding hydrogens is 448 g/mol. The van der Waals surface area contributed by atoms with E-state index in [0.29, 0.717) is 17.2 Å². The van der Waals surface area contributed by atoms with Gasteiger partial charge >= 0.3 is 5.97 Å². The van der Waals surface area contributed by atoms with Crippen LogP contribution in [0.2, 0.25) is 0 Å². The van der Waals surface area contributed by atoms with E-state index in [1.807, 2.05) is 71.3 Å². The van der Waals surface area contributed by atoms with Crippen LogP contribution < -0.4 is 5.73 Å². The van der Waals surface area contributed by atoms with Crippen LogP contribution in [0.3, 0.4) is 0 Å². The highest BCUT2D eigenvalue weighted by Gasteiger charge is 2.24. The summed E-state index contributed by atoms with van der Waals surface area (Å²) in [6.07, 6.45) is 3.31. The molecule has 34 heavy (non-hydrogen) atoms. The number of nitrogens with two attached hydrogens (primary N) is 1. The van der Waals surface area contributed by atoms with Gasteiger partial charge < -0.3 is 19.9 Å². The van der Waals surface area contributed by atoms with Gasteiger partial charge in [-0.05, 0) is 41.5 Å². The number of hydrogen-bond acceptors (Lipinski definition) is 5. The van der Waals surface area contributed by atoms with Crippen LogP contribution >= 0.6 is 12.2 Å². The van der Waals surface area contributed by atoms with E-state index >= 15 is 0 Å². The summed E-state index contributed by atoms with van der Waals surface area (Å²) in [7, 11) is 1.31. The van der Waals surface area contributed by atoms with Gasteiger partial charge in [-0.25, -0.2) is 0 Å². The van der Waals surface area contributed by atoms with E-state index in [-0.39, 0.29) is 19.0 Å². The Labute approximate surface area is 202 Å². The Morgan fingerprint density at radius 1 is 1.03 bits per heavy atom. The van der Waals surface area contributed by atoms with Crippen molar-refractivity contribution in [3.63, 3.8) is 0 Å². The van der Waals surface area contributed by atoms with E-state index in [9.17, 15) is 9.59 Å². The fourth-order valence-electron chi connectivity index (χ4n) is 3.85. The first kappa shape index (κ1) is 23.1. The van der Waals surface area contributed by atoms with Crippen molar-refractivity contribution in [3.05, 3.63) is 102 Å². The van der Waals surface area contributed by atoms with Crippen LogP contribution in [0.15, 0.2) is 79.1 Å². The van der Waals surface area contributed by atoms with Crippen molar-refractivity contribution >= 4 is 40.0 Å². The van der Waals surface area contributed by atoms with Crippen LogP contribution in [0.4, 0.5) is 0 Å². The molecule has 4 aromatic rings. The Kier molecular flexibility index (Phi) is 6.98. The van der Waals surface area contributed by atoms with Crippen LogP contribution in [0.5, 0.6) is 0 Å². The summed E-state index contributed by atoms with van der Waals surface area (Å²) in [6, 6.07) is 20.9. The topological polar surface area (TPSA) is 90.5 Å². The van der Waals surface area contributed by atoms with Crippen molar-refractivity contribution in [2.45, 2.75) is 13.1 Å². The smallest absolute Gasteiger partial charge is 0.325 e. The number of carbonyl (C=O) groups excluding carboxylic acids is 2. The number of thiocarbonyl (C=S) groups is 1.